The molecule has 0 fully saturated rings. The highest BCUT2D eigenvalue weighted by molar-refractivity contribution is 5.82. The summed E-state index contributed by atoms with van der Waals surface area (Å²) in [6.45, 7) is 2.89. The Morgan fingerprint density at radius 3 is 2.45 bits per heavy atom. The molecule has 0 unspecified atom stereocenters. The smallest absolute Gasteiger partial charge is 0.238 e. The van der Waals surface area contributed by atoms with Gasteiger partial charge in [0.1, 0.15) is 5.82 Å². The average Bonchev–Trinajstić information content (AvgIpc) is 3.08. The van der Waals surface area contributed by atoms with Gasteiger partial charge in [-0.25, -0.2) is 8.79 Å². The summed E-state index contributed by atoms with van der Waals surface area (Å²) < 4.78 is 17.1. The van der Waals surface area contributed by atoms with Gasteiger partial charge in [-0.05, 0) is 43.3 Å². The fourth-order valence-electron chi connectivity index (χ4n) is 2.72. The number of para-hydroxylation sites is 2. The number of halogens is 1. The van der Waals surface area contributed by atoms with Crippen LogP contribution in [0.25, 0.3) is 16.8 Å². The van der Waals surface area contributed by atoms with Crippen LogP contribution in [-0.4, -0.2) is 19.2 Å². The minimum Gasteiger partial charge on any atom is -0.324 e. The molecule has 0 bridgehead atoms. The van der Waals surface area contributed by atoms with Crippen LogP contribution >= 0.6 is 0 Å². The van der Waals surface area contributed by atoms with Crippen LogP contribution in [0.3, 0.4) is 0 Å². The number of aromatic nitrogens is 4. The molecular formula is C16H14FN5. The molecule has 0 aliphatic rings. The summed E-state index contributed by atoms with van der Waals surface area (Å²) in [5.41, 5.74) is 2.91. The summed E-state index contributed by atoms with van der Waals surface area (Å²) in [6, 6.07) is 14.3. The van der Waals surface area contributed by atoms with Gasteiger partial charge in [-0.2, -0.15) is 0 Å². The molecule has 0 radical (unpaired) electrons. The number of anilines is 2. The first kappa shape index (κ1) is 12.8. The van der Waals surface area contributed by atoms with E-state index in [9.17, 15) is 4.39 Å². The van der Waals surface area contributed by atoms with Crippen LogP contribution < -0.4 is 5.32 Å². The van der Waals surface area contributed by atoms with E-state index in [-0.39, 0.29) is 5.82 Å². The van der Waals surface area contributed by atoms with Crippen molar-refractivity contribution in [3.05, 3.63) is 54.3 Å². The number of rotatable bonds is 3. The highest BCUT2D eigenvalue weighted by atomic mass is 19.1. The van der Waals surface area contributed by atoms with Gasteiger partial charge in [0, 0.05) is 12.2 Å². The molecule has 6 heteroatoms. The molecule has 22 heavy (non-hydrogen) atoms. The zero-order valence-corrected chi connectivity index (χ0v) is 12.0. The molecule has 0 spiro atoms. The second-order valence-corrected chi connectivity index (χ2v) is 5.02. The Labute approximate surface area is 126 Å². The summed E-state index contributed by atoms with van der Waals surface area (Å²) in [7, 11) is 0. The van der Waals surface area contributed by atoms with Crippen molar-refractivity contribution < 1.29 is 4.39 Å². The molecule has 2 heterocycles. The number of hydrogen-bond acceptors (Lipinski definition) is 3. The number of nitrogens with one attached hydrogen (secondary N) is 1. The maximum Gasteiger partial charge on any atom is 0.238 e. The van der Waals surface area contributed by atoms with Crippen LogP contribution in [-0.2, 0) is 6.54 Å². The van der Waals surface area contributed by atoms with E-state index in [0.717, 1.165) is 29.0 Å². The van der Waals surface area contributed by atoms with Crippen LogP contribution in [0, 0.1) is 5.82 Å². The maximum atomic E-state index is 13.0. The minimum atomic E-state index is -0.264. The lowest BCUT2D eigenvalue weighted by molar-refractivity contribution is 0.628. The molecule has 4 aromatic rings. The zero-order chi connectivity index (χ0) is 15.1. The number of imidazole rings is 1. The zero-order valence-electron chi connectivity index (χ0n) is 12.0. The third kappa shape index (κ3) is 1.84. The summed E-state index contributed by atoms with van der Waals surface area (Å²) >= 11 is 0. The summed E-state index contributed by atoms with van der Waals surface area (Å²) in [6.07, 6.45) is 0. The van der Waals surface area contributed by atoms with E-state index in [4.69, 9.17) is 0 Å². The summed E-state index contributed by atoms with van der Waals surface area (Å²) in [5.74, 6) is 1.14. The molecule has 4 rings (SSSR count). The van der Waals surface area contributed by atoms with E-state index in [2.05, 4.69) is 33.1 Å². The quantitative estimate of drug-likeness (QED) is 0.628. The van der Waals surface area contributed by atoms with Gasteiger partial charge in [-0.3, -0.25) is 0 Å². The third-order valence-electron chi connectivity index (χ3n) is 3.72. The first-order valence-electron chi connectivity index (χ1n) is 7.13. The molecule has 0 atom stereocenters. The number of aryl methyl sites for hydroxylation is 1. The van der Waals surface area contributed by atoms with Gasteiger partial charge in [0.2, 0.25) is 11.7 Å². The van der Waals surface area contributed by atoms with Crippen molar-refractivity contribution in [3.63, 3.8) is 0 Å². The molecule has 1 N–H and O–H groups in total. The Kier molecular flexibility index (Phi) is 2.82. The molecule has 0 saturated carbocycles. The van der Waals surface area contributed by atoms with Gasteiger partial charge in [0.05, 0.1) is 11.0 Å². The largest absolute Gasteiger partial charge is 0.324 e. The van der Waals surface area contributed by atoms with E-state index in [1.807, 2.05) is 22.6 Å². The minimum absolute atomic E-state index is 0.264. The van der Waals surface area contributed by atoms with E-state index in [1.165, 1.54) is 12.1 Å². The van der Waals surface area contributed by atoms with Crippen molar-refractivity contribution in [3.8, 4) is 0 Å². The van der Waals surface area contributed by atoms with Crippen molar-refractivity contribution in [1.29, 1.82) is 0 Å². The second kappa shape index (κ2) is 4.84. The van der Waals surface area contributed by atoms with Crippen molar-refractivity contribution >= 4 is 28.4 Å². The predicted molar refractivity (Wildman–Crippen MR) is 83.8 cm³/mol. The summed E-state index contributed by atoms with van der Waals surface area (Å²) in [5, 5.41) is 11.7. The van der Waals surface area contributed by atoms with Gasteiger partial charge in [-0.15, -0.1) is 10.2 Å². The second-order valence-electron chi connectivity index (χ2n) is 5.02. The van der Waals surface area contributed by atoms with Gasteiger partial charge in [0.25, 0.3) is 0 Å². The Morgan fingerprint density at radius 2 is 1.73 bits per heavy atom. The molecule has 110 valence electrons. The first-order valence-corrected chi connectivity index (χ1v) is 7.13. The molecule has 2 aromatic heterocycles. The van der Waals surface area contributed by atoms with Crippen LogP contribution in [0.1, 0.15) is 6.92 Å². The Bertz CT molecular complexity index is 952. The Balaban J connectivity index is 1.90. The fourth-order valence-corrected chi connectivity index (χ4v) is 2.72. The predicted octanol–water partition coefficient (Wildman–Crippen LogP) is 3.59. The lowest BCUT2D eigenvalue weighted by Gasteiger charge is -2.03. The topological polar surface area (TPSA) is 47.1 Å². The van der Waals surface area contributed by atoms with E-state index in [1.54, 1.807) is 12.1 Å². The van der Waals surface area contributed by atoms with Crippen LogP contribution in [0.4, 0.5) is 16.0 Å². The number of benzene rings is 2. The van der Waals surface area contributed by atoms with Crippen LogP contribution in [0.5, 0.6) is 0 Å². The van der Waals surface area contributed by atoms with Gasteiger partial charge < -0.3 is 9.88 Å². The SMILES string of the molecule is CCn1c2ccccc2n2c(Nc3ccc(F)cc3)nnc12. The van der Waals surface area contributed by atoms with Crippen molar-refractivity contribution in [1.82, 2.24) is 19.2 Å². The Morgan fingerprint density at radius 1 is 1.00 bits per heavy atom. The van der Waals surface area contributed by atoms with Gasteiger partial charge in [-0.1, -0.05) is 12.1 Å². The maximum absolute atomic E-state index is 13.0. The van der Waals surface area contributed by atoms with Crippen molar-refractivity contribution in [2.45, 2.75) is 13.5 Å². The molecule has 2 aromatic carbocycles. The number of fused-ring (bicyclic) bond motifs is 3. The van der Waals surface area contributed by atoms with Crippen LogP contribution in [0.15, 0.2) is 48.5 Å². The van der Waals surface area contributed by atoms with Crippen molar-refractivity contribution in [2.24, 2.45) is 0 Å². The lowest BCUT2D eigenvalue weighted by Crippen LogP contribution is -1.96. The monoisotopic (exact) mass is 295 g/mol. The van der Waals surface area contributed by atoms with E-state index in [0.29, 0.717) is 5.95 Å². The van der Waals surface area contributed by atoms with Crippen LogP contribution in [0.2, 0.25) is 0 Å². The normalized spacial score (nSPS) is 11.4. The fraction of sp³-hybridized carbons (Fsp3) is 0.125. The van der Waals surface area contributed by atoms with E-state index >= 15 is 0 Å². The van der Waals surface area contributed by atoms with E-state index < -0.39 is 0 Å². The molecule has 0 aliphatic heterocycles. The molecule has 5 nitrogen and oxygen atoms in total. The molecular weight excluding hydrogens is 281 g/mol. The average molecular weight is 295 g/mol. The van der Waals surface area contributed by atoms with Gasteiger partial charge in [0.15, 0.2) is 0 Å². The number of hydrogen-bond donors (Lipinski definition) is 1. The van der Waals surface area contributed by atoms with Crippen molar-refractivity contribution in [2.75, 3.05) is 5.32 Å². The standard InChI is InChI=1S/C16H14FN5/c1-2-21-13-5-3-4-6-14(13)22-15(19-20-16(21)22)18-12-9-7-11(17)8-10-12/h3-10H,2H2,1H3,(H,18,19). The summed E-state index contributed by atoms with van der Waals surface area (Å²) in [4.78, 5) is 0. The highest BCUT2D eigenvalue weighted by Gasteiger charge is 2.15. The third-order valence-corrected chi connectivity index (χ3v) is 3.72. The number of nitrogens with zero attached hydrogens (tertiary/aromatic N) is 4. The lowest BCUT2D eigenvalue weighted by atomic mass is 10.3. The molecule has 0 aliphatic carbocycles. The van der Waals surface area contributed by atoms with Gasteiger partial charge >= 0.3 is 0 Å². The molecule has 0 saturated heterocycles. The first-order chi connectivity index (χ1) is 10.8. The highest BCUT2D eigenvalue weighted by Crippen LogP contribution is 2.24. The Hall–Kier alpha value is -2.89. The molecule has 0 amide bonds.